The third-order valence-corrected chi connectivity index (χ3v) is 8.84. The molecule has 5 heteroatoms. The zero-order valence-electron chi connectivity index (χ0n) is 26.5. The summed E-state index contributed by atoms with van der Waals surface area (Å²) in [4.78, 5) is 20.5. The van der Waals surface area contributed by atoms with Gasteiger partial charge in [-0.1, -0.05) is 170 Å². The summed E-state index contributed by atoms with van der Waals surface area (Å²) in [5, 5.41) is 2.22. The zero-order chi connectivity index (χ0) is 32.6. The number of hydrogen-bond acceptors (Lipinski definition) is 4. The Hall–Kier alpha value is -6.72. The lowest BCUT2D eigenvalue weighted by atomic mass is 10.0. The quantitative estimate of drug-likeness (QED) is 0.184. The molecule has 0 amide bonds. The van der Waals surface area contributed by atoms with Gasteiger partial charge >= 0.3 is 0 Å². The van der Waals surface area contributed by atoms with Crippen LogP contribution in [0.2, 0.25) is 0 Å². The Labute approximate surface area is 283 Å². The van der Waals surface area contributed by atoms with E-state index in [0.29, 0.717) is 11.6 Å². The number of rotatable bonds is 6. The highest BCUT2D eigenvalue weighted by Crippen LogP contribution is 2.38. The van der Waals surface area contributed by atoms with Crippen LogP contribution < -0.4 is 0 Å². The molecule has 0 spiro atoms. The molecular weight excluding hydrogens is 599 g/mol. The molecular formula is C44H29N5. The van der Waals surface area contributed by atoms with Crippen LogP contribution in [0.4, 0.5) is 0 Å². The van der Waals surface area contributed by atoms with Gasteiger partial charge in [-0.05, 0) is 11.6 Å². The van der Waals surface area contributed by atoms with Gasteiger partial charge in [-0.25, -0.2) is 19.9 Å². The van der Waals surface area contributed by atoms with E-state index in [1.54, 1.807) is 0 Å². The van der Waals surface area contributed by atoms with E-state index in [-0.39, 0.29) is 0 Å². The van der Waals surface area contributed by atoms with E-state index >= 15 is 0 Å². The molecule has 0 saturated carbocycles. The molecule has 230 valence electrons. The lowest BCUT2D eigenvalue weighted by molar-refractivity contribution is 1.05. The van der Waals surface area contributed by atoms with Crippen molar-refractivity contribution in [2.45, 2.75) is 0 Å². The molecule has 5 nitrogen and oxygen atoms in total. The summed E-state index contributed by atoms with van der Waals surface area (Å²) in [7, 11) is 0. The molecule has 0 N–H and O–H groups in total. The summed E-state index contributed by atoms with van der Waals surface area (Å²) in [6.07, 6.45) is 0. The van der Waals surface area contributed by atoms with Crippen molar-refractivity contribution < 1.29 is 0 Å². The van der Waals surface area contributed by atoms with E-state index in [2.05, 4.69) is 120 Å². The second-order valence-corrected chi connectivity index (χ2v) is 11.9. The van der Waals surface area contributed by atoms with Gasteiger partial charge in [0.1, 0.15) is 11.5 Å². The van der Waals surface area contributed by atoms with Crippen LogP contribution in [0.5, 0.6) is 0 Å². The Bertz CT molecular complexity index is 2500. The minimum Gasteiger partial charge on any atom is -0.277 e. The van der Waals surface area contributed by atoms with Gasteiger partial charge in [0.15, 0.2) is 11.6 Å². The zero-order valence-corrected chi connectivity index (χ0v) is 26.5. The SMILES string of the molecule is c1ccc(-c2cc(-c3ccc(-c4nc(-c5ccccc5)n5c(-c6ccccc6)c6ccccc6c5n4)cc3)nc(-c3ccccc3)n2)cc1. The van der Waals surface area contributed by atoms with Gasteiger partial charge in [-0.2, -0.15) is 0 Å². The van der Waals surface area contributed by atoms with E-state index in [9.17, 15) is 0 Å². The number of hydrogen-bond donors (Lipinski definition) is 0. The van der Waals surface area contributed by atoms with Gasteiger partial charge in [-0.15, -0.1) is 0 Å². The maximum absolute atomic E-state index is 5.26. The molecule has 0 atom stereocenters. The maximum Gasteiger partial charge on any atom is 0.163 e. The topological polar surface area (TPSA) is 56.0 Å². The van der Waals surface area contributed by atoms with Crippen LogP contribution in [0.25, 0.3) is 84.4 Å². The van der Waals surface area contributed by atoms with Crippen molar-refractivity contribution in [3.05, 3.63) is 176 Å². The van der Waals surface area contributed by atoms with E-state index in [1.807, 2.05) is 60.7 Å². The van der Waals surface area contributed by atoms with Gasteiger partial charge in [0.05, 0.1) is 17.1 Å². The number of fused-ring (bicyclic) bond motifs is 3. The van der Waals surface area contributed by atoms with Crippen LogP contribution in [-0.4, -0.2) is 24.3 Å². The van der Waals surface area contributed by atoms with Crippen molar-refractivity contribution in [3.8, 4) is 67.9 Å². The van der Waals surface area contributed by atoms with Gasteiger partial charge in [0.25, 0.3) is 0 Å². The summed E-state index contributed by atoms with van der Waals surface area (Å²) in [5.41, 5.74) is 9.76. The molecule has 9 aromatic rings. The fraction of sp³-hybridized carbons (Fsp3) is 0. The van der Waals surface area contributed by atoms with Crippen molar-refractivity contribution in [2.75, 3.05) is 0 Å². The molecule has 0 radical (unpaired) electrons. The Morgan fingerprint density at radius 2 is 0.755 bits per heavy atom. The molecule has 0 aliphatic carbocycles. The molecule has 0 unspecified atom stereocenters. The molecule has 0 saturated heterocycles. The minimum atomic E-state index is 0.665. The molecule has 0 fully saturated rings. The Morgan fingerprint density at radius 3 is 1.37 bits per heavy atom. The first-order valence-corrected chi connectivity index (χ1v) is 16.3. The second-order valence-electron chi connectivity index (χ2n) is 11.9. The first-order chi connectivity index (χ1) is 24.3. The minimum absolute atomic E-state index is 0.665. The molecule has 3 aromatic heterocycles. The summed E-state index contributed by atoms with van der Waals surface area (Å²) >= 11 is 0. The largest absolute Gasteiger partial charge is 0.277 e. The second kappa shape index (κ2) is 12.1. The Morgan fingerprint density at radius 1 is 0.327 bits per heavy atom. The Balaban J connectivity index is 1.21. The summed E-state index contributed by atoms with van der Waals surface area (Å²) in [6.45, 7) is 0. The highest BCUT2D eigenvalue weighted by Gasteiger charge is 2.21. The normalized spacial score (nSPS) is 11.3. The van der Waals surface area contributed by atoms with Crippen LogP contribution in [0.15, 0.2) is 176 Å². The van der Waals surface area contributed by atoms with Crippen LogP contribution in [0.3, 0.4) is 0 Å². The van der Waals surface area contributed by atoms with Crippen LogP contribution >= 0.6 is 0 Å². The van der Waals surface area contributed by atoms with Crippen LogP contribution in [-0.2, 0) is 0 Å². The van der Waals surface area contributed by atoms with Crippen LogP contribution in [0.1, 0.15) is 0 Å². The van der Waals surface area contributed by atoms with Gasteiger partial charge in [-0.3, -0.25) is 4.40 Å². The number of benzene rings is 6. The van der Waals surface area contributed by atoms with E-state index in [4.69, 9.17) is 19.9 Å². The third-order valence-electron chi connectivity index (χ3n) is 8.84. The monoisotopic (exact) mass is 627 g/mol. The fourth-order valence-corrected chi connectivity index (χ4v) is 6.47. The molecule has 0 aliphatic heterocycles. The lowest BCUT2D eigenvalue weighted by Gasteiger charge is -2.13. The smallest absolute Gasteiger partial charge is 0.163 e. The predicted octanol–water partition coefficient (Wildman–Crippen LogP) is 10.7. The van der Waals surface area contributed by atoms with Crippen molar-refractivity contribution >= 4 is 16.4 Å². The van der Waals surface area contributed by atoms with Gasteiger partial charge < -0.3 is 0 Å². The maximum atomic E-state index is 5.26. The van der Waals surface area contributed by atoms with Crippen molar-refractivity contribution in [3.63, 3.8) is 0 Å². The highest BCUT2D eigenvalue weighted by molar-refractivity contribution is 6.06. The van der Waals surface area contributed by atoms with Crippen molar-refractivity contribution in [1.29, 1.82) is 0 Å². The van der Waals surface area contributed by atoms with Crippen molar-refractivity contribution in [1.82, 2.24) is 24.3 Å². The summed E-state index contributed by atoms with van der Waals surface area (Å²) < 4.78 is 2.21. The van der Waals surface area contributed by atoms with Gasteiger partial charge in [0, 0.05) is 38.6 Å². The van der Waals surface area contributed by atoms with E-state index in [1.165, 1.54) is 0 Å². The molecule has 0 aliphatic rings. The van der Waals surface area contributed by atoms with Gasteiger partial charge in [0.2, 0.25) is 0 Å². The average molecular weight is 628 g/mol. The fourth-order valence-electron chi connectivity index (χ4n) is 6.47. The molecule has 0 bridgehead atoms. The first-order valence-electron chi connectivity index (χ1n) is 16.3. The predicted molar refractivity (Wildman–Crippen MR) is 199 cm³/mol. The van der Waals surface area contributed by atoms with Crippen LogP contribution in [0, 0.1) is 0 Å². The third kappa shape index (κ3) is 5.24. The average Bonchev–Trinajstić information content (AvgIpc) is 3.53. The first kappa shape index (κ1) is 28.5. The number of nitrogens with zero attached hydrogens (tertiary/aromatic N) is 5. The molecule has 49 heavy (non-hydrogen) atoms. The van der Waals surface area contributed by atoms with E-state index in [0.717, 1.165) is 72.7 Å². The Kier molecular flexibility index (Phi) is 7.06. The standard InChI is InChI=1S/C44H29N5/c1-5-15-30(16-6-1)38-29-39(46-41(45-38)33-19-9-3-10-20-33)31-25-27-34(28-26-31)42-47-43(35-21-11-4-12-22-35)49-40(32-17-7-2-8-18-32)36-23-13-14-24-37(36)44(49)48-42/h1-29H. The summed E-state index contributed by atoms with van der Waals surface area (Å²) in [5.74, 6) is 2.20. The molecule has 6 aromatic carbocycles. The lowest BCUT2D eigenvalue weighted by Crippen LogP contribution is -2.03. The summed E-state index contributed by atoms with van der Waals surface area (Å²) in [6, 6.07) is 60.1. The van der Waals surface area contributed by atoms with Crippen molar-refractivity contribution in [2.24, 2.45) is 0 Å². The molecule has 3 heterocycles. The van der Waals surface area contributed by atoms with E-state index < -0.39 is 0 Å². The number of aromatic nitrogens is 5. The highest BCUT2D eigenvalue weighted by atomic mass is 15.1. The molecule has 9 rings (SSSR count).